The number of hydrogen-bond acceptors (Lipinski definition) is 5. The van der Waals surface area contributed by atoms with E-state index >= 15 is 0 Å². The van der Waals surface area contributed by atoms with Crippen molar-refractivity contribution in [1.29, 1.82) is 0 Å². The van der Waals surface area contributed by atoms with Gasteiger partial charge in [0.25, 0.3) is 0 Å². The monoisotopic (exact) mass is 274 g/mol. The quantitative estimate of drug-likeness (QED) is 0.770. The second-order valence-corrected chi connectivity index (χ2v) is 4.37. The summed E-state index contributed by atoms with van der Waals surface area (Å²) >= 11 is 3.32. The number of aliphatic hydroxyl groups is 1. The topological polar surface area (TPSA) is 84.1 Å². The molecule has 1 aromatic heterocycles. The maximum absolute atomic E-state index is 9.00. The molecule has 0 aliphatic carbocycles. The maximum Gasteiger partial charge on any atom is 0.221 e. The first-order valence-electron chi connectivity index (χ1n) is 4.70. The fraction of sp³-hybridized carbons (Fsp3) is 0.556. The van der Waals surface area contributed by atoms with Gasteiger partial charge < -0.3 is 16.2 Å². The molecule has 2 unspecified atom stereocenters. The molecule has 6 heteroatoms. The number of nitrogen functional groups attached to an aromatic ring is 1. The van der Waals surface area contributed by atoms with Crippen LogP contribution in [0.5, 0.6) is 0 Å². The SMILES string of the molecule is CC(CO)C(C)Nc1nc(N)ncc1Br. The van der Waals surface area contributed by atoms with Gasteiger partial charge in [0.1, 0.15) is 5.82 Å². The van der Waals surface area contributed by atoms with Crippen molar-refractivity contribution in [2.45, 2.75) is 19.9 Å². The highest BCUT2D eigenvalue weighted by atomic mass is 79.9. The molecule has 0 saturated heterocycles. The van der Waals surface area contributed by atoms with E-state index in [4.69, 9.17) is 10.8 Å². The van der Waals surface area contributed by atoms with Crippen molar-refractivity contribution >= 4 is 27.7 Å². The summed E-state index contributed by atoms with van der Waals surface area (Å²) in [6.07, 6.45) is 1.60. The third-order valence-corrected chi connectivity index (χ3v) is 2.85. The van der Waals surface area contributed by atoms with Crippen LogP contribution in [0, 0.1) is 5.92 Å². The summed E-state index contributed by atoms with van der Waals surface area (Å²) in [4.78, 5) is 7.90. The Bertz CT molecular complexity index is 334. The number of aromatic nitrogens is 2. The highest BCUT2D eigenvalue weighted by Gasteiger charge is 2.13. The molecular formula is C9H15BrN4O. The van der Waals surface area contributed by atoms with Crippen LogP contribution < -0.4 is 11.1 Å². The van der Waals surface area contributed by atoms with Crippen LogP contribution in [0.3, 0.4) is 0 Å². The van der Waals surface area contributed by atoms with E-state index < -0.39 is 0 Å². The van der Waals surface area contributed by atoms with E-state index in [2.05, 4.69) is 31.2 Å². The van der Waals surface area contributed by atoms with Crippen LogP contribution in [-0.4, -0.2) is 27.7 Å². The lowest BCUT2D eigenvalue weighted by atomic mass is 10.1. The molecule has 0 aliphatic rings. The second-order valence-electron chi connectivity index (χ2n) is 3.52. The molecule has 0 radical (unpaired) electrons. The summed E-state index contributed by atoms with van der Waals surface area (Å²) in [6.45, 7) is 4.06. The Morgan fingerprint density at radius 2 is 2.27 bits per heavy atom. The van der Waals surface area contributed by atoms with Crippen molar-refractivity contribution < 1.29 is 5.11 Å². The largest absolute Gasteiger partial charge is 0.396 e. The fourth-order valence-electron chi connectivity index (χ4n) is 0.998. The molecule has 1 aromatic rings. The summed E-state index contributed by atoms with van der Waals surface area (Å²) in [7, 11) is 0. The van der Waals surface area contributed by atoms with Gasteiger partial charge in [0.15, 0.2) is 0 Å². The number of hydrogen-bond donors (Lipinski definition) is 3. The van der Waals surface area contributed by atoms with E-state index in [9.17, 15) is 0 Å². The first kappa shape index (κ1) is 12.2. The van der Waals surface area contributed by atoms with E-state index in [1.54, 1.807) is 6.20 Å². The zero-order valence-electron chi connectivity index (χ0n) is 8.74. The van der Waals surface area contributed by atoms with Gasteiger partial charge in [0, 0.05) is 18.8 Å². The van der Waals surface area contributed by atoms with Crippen molar-refractivity contribution in [2.75, 3.05) is 17.7 Å². The summed E-state index contributed by atoms with van der Waals surface area (Å²) in [5, 5.41) is 12.2. The molecule has 0 aliphatic heterocycles. The van der Waals surface area contributed by atoms with E-state index in [-0.39, 0.29) is 24.5 Å². The lowest BCUT2D eigenvalue weighted by Gasteiger charge is -2.20. The average molecular weight is 275 g/mol. The van der Waals surface area contributed by atoms with Gasteiger partial charge in [-0.15, -0.1) is 0 Å². The molecule has 0 amide bonds. The van der Waals surface area contributed by atoms with Crippen molar-refractivity contribution in [3.8, 4) is 0 Å². The molecule has 0 aromatic carbocycles. The van der Waals surface area contributed by atoms with Crippen molar-refractivity contribution in [2.24, 2.45) is 5.92 Å². The van der Waals surface area contributed by atoms with E-state index in [0.29, 0.717) is 5.82 Å². The molecule has 5 nitrogen and oxygen atoms in total. The second kappa shape index (κ2) is 5.27. The lowest BCUT2D eigenvalue weighted by molar-refractivity contribution is 0.226. The fourth-order valence-corrected chi connectivity index (χ4v) is 1.30. The molecule has 4 N–H and O–H groups in total. The first-order valence-corrected chi connectivity index (χ1v) is 5.49. The molecular weight excluding hydrogens is 260 g/mol. The average Bonchev–Trinajstić information content (AvgIpc) is 2.22. The normalized spacial score (nSPS) is 14.7. The van der Waals surface area contributed by atoms with Gasteiger partial charge in [-0.3, -0.25) is 0 Å². The van der Waals surface area contributed by atoms with E-state index in [1.807, 2.05) is 13.8 Å². The number of aliphatic hydroxyl groups excluding tert-OH is 1. The van der Waals surface area contributed by atoms with Gasteiger partial charge in [-0.1, -0.05) is 6.92 Å². The minimum atomic E-state index is 0.112. The summed E-state index contributed by atoms with van der Waals surface area (Å²) < 4.78 is 0.758. The highest BCUT2D eigenvalue weighted by Crippen LogP contribution is 2.21. The summed E-state index contributed by atoms with van der Waals surface area (Å²) in [6, 6.07) is 0.112. The van der Waals surface area contributed by atoms with Crippen LogP contribution >= 0.6 is 15.9 Å². The lowest BCUT2D eigenvalue weighted by Crippen LogP contribution is -2.27. The summed E-state index contributed by atoms with van der Waals surface area (Å²) in [5.74, 6) is 1.02. The van der Waals surface area contributed by atoms with Crippen molar-refractivity contribution in [3.63, 3.8) is 0 Å². The van der Waals surface area contributed by atoms with Gasteiger partial charge in [-0.25, -0.2) is 4.98 Å². The van der Waals surface area contributed by atoms with Gasteiger partial charge in [-0.2, -0.15) is 4.98 Å². The summed E-state index contributed by atoms with van der Waals surface area (Å²) in [5.41, 5.74) is 5.48. The Labute approximate surface area is 97.2 Å². The zero-order valence-corrected chi connectivity index (χ0v) is 10.3. The molecule has 0 spiro atoms. The Balaban J connectivity index is 2.75. The van der Waals surface area contributed by atoms with Crippen molar-refractivity contribution in [1.82, 2.24) is 9.97 Å². The molecule has 15 heavy (non-hydrogen) atoms. The van der Waals surface area contributed by atoms with Crippen LogP contribution in [0.1, 0.15) is 13.8 Å². The molecule has 0 fully saturated rings. The Morgan fingerprint density at radius 3 is 2.87 bits per heavy atom. The first-order chi connectivity index (χ1) is 7.04. The van der Waals surface area contributed by atoms with E-state index in [1.165, 1.54) is 0 Å². The maximum atomic E-state index is 9.00. The molecule has 2 atom stereocenters. The van der Waals surface area contributed by atoms with Crippen molar-refractivity contribution in [3.05, 3.63) is 10.7 Å². The van der Waals surface area contributed by atoms with Crippen LogP contribution in [-0.2, 0) is 0 Å². The molecule has 0 saturated carbocycles. The molecule has 1 heterocycles. The number of rotatable bonds is 4. The Morgan fingerprint density at radius 1 is 1.60 bits per heavy atom. The molecule has 1 rings (SSSR count). The number of nitrogens with two attached hydrogens (primary N) is 1. The van der Waals surface area contributed by atoms with Crippen LogP contribution in [0.2, 0.25) is 0 Å². The smallest absolute Gasteiger partial charge is 0.221 e. The van der Waals surface area contributed by atoms with Crippen LogP contribution in [0.15, 0.2) is 10.7 Å². The third-order valence-electron chi connectivity index (χ3n) is 2.27. The molecule has 0 bridgehead atoms. The van der Waals surface area contributed by atoms with E-state index in [0.717, 1.165) is 4.47 Å². The van der Waals surface area contributed by atoms with Crippen LogP contribution in [0.25, 0.3) is 0 Å². The molecule has 84 valence electrons. The minimum absolute atomic E-state index is 0.112. The van der Waals surface area contributed by atoms with Gasteiger partial charge in [-0.05, 0) is 28.8 Å². The Kier molecular flexibility index (Phi) is 4.28. The standard InChI is InChI=1S/C9H15BrN4O/c1-5(4-15)6(2)13-8-7(10)3-12-9(11)14-8/h3,5-6,15H,4H2,1-2H3,(H3,11,12,13,14). The zero-order chi connectivity index (χ0) is 11.4. The predicted molar refractivity (Wildman–Crippen MR) is 63.5 cm³/mol. The third kappa shape index (κ3) is 3.32. The predicted octanol–water partition coefficient (Wildman–Crippen LogP) is 1.25. The highest BCUT2D eigenvalue weighted by molar-refractivity contribution is 9.10. The number of anilines is 2. The van der Waals surface area contributed by atoms with Crippen LogP contribution in [0.4, 0.5) is 11.8 Å². The number of nitrogens with one attached hydrogen (secondary N) is 1. The van der Waals surface area contributed by atoms with Gasteiger partial charge >= 0.3 is 0 Å². The minimum Gasteiger partial charge on any atom is -0.396 e. The Hall–Kier alpha value is -0.880. The van der Waals surface area contributed by atoms with Gasteiger partial charge in [0.05, 0.1) is 4.47 Å². The number of nitrogens with zero attached hydrogens (tertiary/aromatic N) is 2. The van der Waals surface area contributed by atoms with Gasteiger partial charge in [0.2, 0.25) is 5.95 Å². The number of halogens is 1.